The van der Waals surface area contributed by atoms with Crippen molar-refractivity contribution in [3.63, 3.8) is 0 Å². The fraction of sp³-hybridized carbons (Fsp3) is 0.417. The van der Waals surface area contributed by atoms with Gasteiger partial charge in [-0.25, -0.2) is 0 Å². The van der Waals surface area contributed by atoms with Crippen LogP contribution in [0.25, 0.3) is 0 Å². The van der Waals surface area contributed by atoms with Crippen LogP contribution in [0.4, 0.5) is 13.2 Å². The van der Waals surface area contributed by atoms with Gasteiger partial charge in [0, 0.05) is 6.42 Å². The maximum absolute atomic E-state index is 12.3. The monoisotopic (exact) mass is 230 g/mol. The van der Waals surface area contributed by atoms with E-state index < -0.39 is 17.2 Å². The van der Waals surface area contributed by atoms with Crippen LogP contribution in [-0.2, 0) is 16.4 Å². The number of alkyl halides is 3. The Balaban J connectivity index is 2.99. The Morgan fingerprint density at radius 2 is 1.50 bits per heavy atom. The van der Waals surface area contributed by atoms with Crippen molar-refractivity contribution in [1.82, 2.24) is 0 Å². The molecule has 0 aliphatic rings. The van der Waals surface area contributed by atoms with Crippen LogP contribution in [0.1, 0.15) is 31.4 Å². The minimum Gasteiger partial charge on any atom is -0.303 e. The van der Waals surface area contributed by atoms with Gasteiger partial charge in [-0.05, 0) is 23.1 Å². The lowest BCUT2D eigenvalue weighted by Gasteiger charge is -2.22. The van der Waals surface area contributed by atoms with E-state index in [-0.39, 0.29) is 0 Å². The molecule has 0 spiro atoms. The molecule has 0 heterocycles. The van der Waals surface area contributed by atoms with Crippen LogP contribution in [-0.4, -0.2) is 6.29 Å². The first-order chi connectivity index (χ1) is 7.27. The maximum atomic E-state index is 12.3. The van der Waals surface area contributed by atoms with Gasteiger partial charge in [-0.2, -0.15) is 13.2 Å². The summed E-state index contributed by atoms with van der Waals surface area (Å²) >= 11 is 0. The molecular weight excluding hydrogens is 217 g/mol. The van der Waals surface area contributed by atoms with Crippen LogP contribution < -0.4 is 0 Å². The quantitative estimate of drug-likeness (QED) is 0.725. The van der Waals surface area contributed by atoms with Gasteiger partial charge in [0.25, 0.3) is 0 Å². The van der Waals surface area contributed by atoms with Gasteiger partial charge in [0.15, 0.2) is 0 Å². The predicted octanol–water partition coefficient (Wildman–Crippen LogP) is 3.57. The Kier molecular flexibility index (Phi) is 3.41. The minimum atomic E-state index is -4.31. The number of aldehydes is 1. The zero-order valence-corrected chi connectivity index (χ0v) is 9.14. The topological polar surface area (TPSA) is 17.1 Å². The molecule has 0 aliphatic carbocycles. The fourth-order valence-electron chi connectivity index (χ4n) is 1.44. The third-order valence-electron chi connectivity index (χ3n) is 2.59. The van der Waals surface area contributed by atoms with Gasteiger partial charge in [0.05, 0.1) is 5.56 Å². The lowest BCUT2D eigenvalue weighted by atomic mass is 9.82. The Hall–Kier alpha value is -1.32. The molecule has 4 heteroatoms. The van der Waals surface area contributed by atoms with E-state index in [2.05, 4.69) is 0 Å². The Labute approximate surface area is 92.3 Å². The Bertz CT molecular complexity index is 363. The lowest BCUT2D eigenvalue weighted by Crippen LogP contribution is -2.18. The van der Waals surface area contributed by atoms with Crippen molar-refractivity contribution in [3.8, 4) is 0 Å². The van der Waals surface area contributed by atoms with Crippen molar-refractivity contribution in [2.75, 3.05) is 0 Å². The standard InChI is InChI=1S/C12H13F3O/c1-11(2,7-8-16)9-3-5-10(6-4-9)12(13,14)15/h3-6,8H,7H2,1-2H3. The zero-order chi connectivity index (χ0) is 12.4. The molecule has 1 rings (SSSR count). The largest absolute Gasteiger partial charge is 0.416 e. The van der Waals surface area contributed by atoms with E-state index in [0.29, 0.717) is 6.42 Å². The van der Waals surface area contributed by atoms with Crippen molar-refractivity contribution in [1.29, 1.82) is 0 Å². The first-order valence-corrected chi connectivity index (χ1v) is 4.89. The van der Waals surface area contributed by atoms with Crippen LogP contribution in [0.3, 0.4) is 0 Å². The van der Waals surface area contributed by atoms with E-state index in [1.165, 1.54) is 12.1 Å². The van der Waals surface area contributed by atoms with Crippen LogP contribution in [0.15, 0.2) is 24.3 Å². The summed E-state index contributed by atoms with van der Waals surface area (Å²) in [5.74, 6) is 0. The molecule has 88 valence electrons. The summed E-state index contributed by atoms with van der Waals surface area (Å²) in [4.78, 5) is 10.4. The predicted molar refractivity (Wildman–Crippen MR) is 55.2 cm³/mol. The maximum Gasteiger partial charge on any atom is 0.416 e. The molecule has 0 aromatic heterocycles. The third-order valence-corrected chi connectivity index (χ3v) is 2.59. The second kappa shape index (κ2) is 4.28. The highest BCUT2D eigenvalue weighted by molar-refractivity contribution is 5.53. The smallest absolute Gasteiger partial charge is 0.303 e. The molecule has 0 unspecified atom stereocenters. The second-order valence-corrected chi connectivity index (χ2v) is 4.33. The number of halogens is 3. The molecule has 0 bridgehead atoms. The number of carbonyl (C=O) groups excluding carboxylic acids is 1. The van der Waals surface area contributed by atoms with E-state index >= 15 is 0 Å². The molecule has 1 nitrogen and oxygen atoms in total. The van der Waals surface area contributed by atoms with Crippen LogP contribution >= 0.6 is 0 Å². The van der Waals surface area contributed by atoms with Crippen LogP contribution in [0.5, 0.6) is 0 Å². The zero-order valence-electron chi connectivity index (χ0n) is 9.14. The highest BCUT2D eigenvalue weighted by Gasteiger charge is 2.30. The molecule has 0 atom stereocenters. The number of carbonyl (C=O) groups is 1. The molecule has 1 aromatic rings. The summed E-state index contributed by atoms with van der Waals surface area (Å²) in [5, 5.41) is 0. The normalized spacial score (nSPS) is 12.6. The summed E-state index contributed by atoms with van der Waals surface area (Å²) in [5.41, 5.74) is -0.364. The van der Waals surface area contributed by atoms with Crippen LogP contribution in [0, 0.1) is 0 Å². The van der Waals surface area contributed by atoms with Gasteiger partial charge >= 0.3 is 6.18 Å². The lowest BCUT2D eigenvalue weighted by molar-refractivity contribution is -0.137. The summed E-state index contributed by atoms with van der Waals surface area (Å²) in [6, 6.07) is 4.93. The summed E-state index contributed by atoms with van der Waals surface area (Å²) in [6.45, 7) is 3.65. The van der Waals surface area contributed by atoms with E-state index in [1.54, 1.807) is 0 Å². The van der Waals surface area contributed by atoms with Crippen LogP contribution in [0.2, 0.25) is 0 Å². The Morgan fingerprint density at radius 3 is 1.88 bits per heavy atom. The molecule has 0 N–H and O–H groups in total. The highest BCUT2D eigenvalue weighted by Crippen LogP contribution is 2.32. The fourth-order valence-corrected chi connectivity index (χ4v) is 1.44. The molecular formula is C12H13F3O. The number of hydrogen-bond acceptors (Lipinski definition) is 1. The van der Waals surface area contributed by atoms with Gasteiger partial charge < -0.3 is 4.79 Å². The molecule has 0 amide bonds. The average Bonchev–Trinajstić information content (AvgIpc) is 2.16. The van der Waals surface area contributed by atoms with Gasteiger partial charge in [-0.1, -0.05) is 26.0 Å². The SMILES string of the molecule is CC(C)(CC=O)c1ccc(C(F)(F)F)cc1. The third kappa shape index (κ3) is 2.84. The summed E-state index contributed by atoms with van der Waals surface area (Å²) < 4.78 is 36.9. The van der Waals surface area contributed by atoms with Gasteiger partial charge in [0.1, 0.15) is 6.29 Å². The first-order valence-electron chi connectivity index (χ1n) is 4.89. The molecule has 0 aliphatic heterocycles. The van der Waals surface area contributed by atoms with Crippen molar-refractivity contribution >= 4 is 6.29 Å². The number of benzene rings is 1. The molecule has 16 heavy (non-hydrogen) atoms. The van der Waals surface area contributed by atoms with Crippen molar-refractivity contribution in [3.05, 3.63) is 35.4 Å². The molecule has 1 aromatic carbocycles. The molecule has 0 saturated heterocycles. The van der Waals surface area contributed by atoms with Crippen molar-refractivity contribution in [2.24, 2.45) is 0 Å². The molecule has 0 fully saturated rings. The van der Waals surface area contributed by atoms with E-state index in [1.807, 2.05) is 13.8 Å². The first kappa shape index (κ1) is 12.7. The summed E-state index contributed by atoms with van der Waals surface area (Å²) in [6.07, 6.45) is -3.25. The van der Waals surface area contributed by atoms with E-state index in [4.69, 9.17) is 0 Å². The highest BCUT2D eigenvalue weighted by atomic mass is 19.4. The average molecular weight is 230 g/mol. The van der Waals surface area contributed by atoms with Gasteiger partial charge in [-0.15, -0.1) is 0 Å². The van der Waals surface area contributed by atoms with E-state index in [0.717, 1.165) is 24.0 Å². The van der Waals surface area contributed by atoms with Crippen molar-refractivity contribution in [2.45, 2.75) is 31.9 Å². The minimum absolute atomic E-state index is 0.290. The molecule has 0 saturated carbocycles. The van der Waals surface area contributed by atoms with Gasteiger partial charge in [-0.3, -0.25) is 0 Å². The Morgan fingerprint density at radius 1 is 1.06 bits per heavy atom. The van der Waals surface area contributed by atoms with E-state index in [9.17, 15) is 18.0 Å². The molecule has 0 radical (unpaired) electrons. The number of hydrogen-bond donors (Lipinski definition) is 0. The second-order valence-electron chi connectivity index (χ2n) is 4.33. The summed E-state index contributed by atoms with van der Waals surface area (Å²) in [7, 11) is 0. The van der Waals surface area contributed by atoms with Gasteiger partial charge in [0.2, 0.25) is 0 Å². The number of rotatable bonds is 3. The van der Waals surface area contributed by atoms with Crippen molar-refractivity contribution < 1.29 is 18.0 Å².